The van der Waals surface area contributed by atoms with Crippen LogP contribution in [0.15, 0.2) is 41.9 Å². The molecule has 6 rings (SSSR count). The molecule has 3 aromatic rings. The van der Waals surface area contributed by atoms with E-state index in [0.717, 1.165) is 5.92 Å². The highest BCUT2D eigenvalue weighted by atomic mass is 32.1. The van der Waals surface area contributed by atoms with E-state index < -0.39 is 0 Å². The molecule has 0 unspecified atom stereocenters. The van der Waals surface area contributed by atoms with Crippen LogP contribution in [-0.2, 0) is 0 Å². The fraction of sp³-hybridized carbons (Fsp3) is 0.389. The lowest BCUT2D eigenvalue weighted by Crippen LogP contribution is -2.48. The molecule has 0 radical (unpaired) electrons. The summed E-state index contributed by atoms with van der Waals surface area (Å²) >= 11 is 1.80. The fourth-order valence-electron chi connectivity index (χ4n) is 4.12. The van der Waals surface area contributed by atoms with Crippen LogP contribution >= 0.6 is 11.3 Å². The molecule has 0 N–H and O–H groups in total. The molecule has 3 aliphatic heterocycles. The number of hydrogen-bond donors (Lipinski definition) is 0. The Kier molecular flexibility index (Phi) is 2.88. The van der Waals surface area contributed by atoms with Crippen LogP contribution in [-0.4, -0.2) is 34.3 Å². The molecule has 2 aromatic heterocycles. The number of thiophene rings is 1. The van der Waals surface area contributed by atoms with Gasteiger partial charge in [0.05, 0.1) is 17.8 Å². The third-order valence-electron chi connectivity index (χ3n) is 5.34. The van der Waals surface area contributed by atoms with E-state index in [1.54, 1.807) is 11.3 Å². The van der Waals surface area contributed by atoms with Crippen molar-refractivity contribution in [3.63, 3.8) is 0 Å². The molecule has 0 aliphatic carbocycles. The van der Waals surface area contributed by atoms with Gasteiger partial charge >= 0.3 is 0 Å². The molecule has 4 heteroatoms. The second-order valence-electron chi connectivity index (χ2n) is 6.55. The van der Waals surface area contributed by atoms with Crippen LogP contribution < -0.4 is 0 Å². The largest absolute Gasteiger partial charge is 0.301 e. The molecule has 1 atom stereocenters. The summed E-state index contributed by atoms with van der Waals surface area (Å²) < 4.78 is 2.30. The van der Waals surface area contributed by atoms with Crippen LogP contribution in [0.3, 0.4) is 0 Å². The highest BCUT2D eigenvalue weighted by Crippen LogP contribution is 2.37. The molecule has 0 amide bonds. The maximum absolute atomic E-state index is 4.75. The molecule has 1 aromatic carbocycles. The van der Waals surface area contributed by atoms with E-state index in [9.17, 15) is 0 Å². The van der Waals surface area contributed by atoms with Gasteiger partial charge in [-0.1, -0.05) is 12.1 Å². The summed E-state index contributed by atoms with van der Waals surface area (Å²) in [6, 6.07) is 11.6. The van der Waals surface area contributed by atoms with Crippen LogP contribution in [0, 0.1) is 5.92 Å². The Morgan fingerprint density at radius 2 is 2.05 bits per heavy atom. The van der Waals surface area contributed by atoms with Gasteiger partial charge in [0, 0.05) is 16.8 Å². The van der Waals surface area contributed by atoms with Gasteiger partial charge in [-0.3, -0.25) is 4.68 Å². The third kappa shape index (κ3) is 1.94. The van der Waals surface area contributed by atoms with Crippen molar-refractivity contribution in [1.82, 2.24) is 14.7 Å². The van der Waals surface area contributed by atoms with Crippen molar-refractivity contribution in [2.75, 3.05) is 19.6 Å². The predicted molar refractivity (Wildman–Crippen MR) is 91.2 cm³/mol. The van der Waals surface area contributed by atoms with Crippen LogP contribution in [0.2, 0.25) is 0 Å². The van der Waals surface area contributed by atoms with Crippen molar-refractivity contribution < 1.29 is 0 Å². The van der Waals surface area contributed by atoms with Crippen LogP contribution in [0.1, 0.15) is 18.9 Å². The Balaban J connectivity index is 1.56. The molecule has 3 saturated heterocycles. The lowest BCUT2D eigenvalue weighted by Gasteiger charge is -2.44. The summed E-state index contributed by atoms with van der Waals surface area (Å²) in [6.45, 7) is 3.74. The van der Waals surface area contributed by atoms with E-state index in [1.165, 1.54) is 53.8 Å². The first kappa shape index (κ1) is 12.9. The van der Waals surface area contributed by atoms with E-state index in [0.29, 0.717) is 6.04 Å². The molecule has 2 bridgehead atoms. The molecule has 3 fully saturated rings. The highest BCUT2D eigenvalue weighted by molar-refractivity contribution is 7.13. The van der Waals surface area contributed by atoms with Crippen molar-refractivity contribution in [3.05, 3.63) is 41.9 Å². The van der Waals surface area contributed by atoms with Gasteiger partial charge in [0.25, 0.3) is 0 Å². The van der Waals surface area contributed by atoms with E-state index in [4.69, 9.17) is 5.10 Å². The van der Waals surface area contributed by atoms with Gasteiger partial charge in [0.2, 0.25) is 0 Å². The summed E-state index contributed by atoms with van der Waals surface area (Å²) in [5.74, 6) is 0.810. The lowest BCUT2D eigenvalue weighted by molar-refractivity contribution is 0.0534. The van der Waals surface area contributed by atoms with Gasteiger partial charge in [0.15, 0.2) is 0 Å². The van der Waals surface area contributed by atoms with E-state index >= 15 is 0 Å². The van der Waals surface area contributed by atoms with Crippen molar-refractivity contribution >= 4 is 22.2 Å². The molecule has 5 heterocycles. The number of piperidine rings is 3. The van der Waals surface area contributed by atoms with Crippen LogP contribution in [0.5, 0.6) is 0 Å². The number of rotatable bonds is 2. The average Bonchev–Trinajstić information content (AvgIpc) is 3.25. The van der Waals surface area contributed by atoms with Crippen LogP contribution in [0.4, 0.5) is 0 Å². The van der Waals surface area contributed by atoms with Crippen molar-refractivity contribution in [1.29, 1.82) is 0 Å². The van der Waals surface area contributed by atoms with Gasteiger partial charge in [0.1, 0.15) is 0 Å². The number of nitrogens with zero attached hydrogens (tertiary/aromatic N) is 3. The molecule has 0 spiro atoms. The Hall–Kier alpha value is -1.65. The SMILES string of the molecule is c1csc(-c2ccc3c(cnn3[C@@H]3CN4CCC3CC4)c2)c1. The Labute approximate surface area is 134 Å². The summed E-state index contributed by atoms with van der Waals surface area (Å²) in [6.07, 6.45) is 4.71. The van der Waals surface area contributed by atoms with Gasteiger partial charge in [-0.15, -0.1) is 11.3 Å². The van der Waals surface area contributed by atoms with E-state index in [-0.39, 0.29) is 0 Å². The van der Waals surface area contributed by atoms with Gasteiger partial charge in [-0.2, -0.15) is 5.10 Å². The smallest absolute Gasteiger partial charge is 0.0686 e. The topological polar surface area (TPSA) is 21.1 Å². The lowest BCUT2D eigenvalue weighted by atomic mass is 9.84. The summed E-state index contributed by atoms with van der Waals surface area (Å²) in [4.78, 5) is 3.93. The monoisotopic (exact) mass is 309 g/mol. The van der Waals surface area contributed by atoms with Crippen molar-refractivity contribution in [2.24, 2.45) is 5.92 Å². The minimum absolute atomic E-state index is 0.563. The predicted octanol–water partition coefficient (Wildman–Crippen LogP) is 4.03. The van der Waals surface area contributed by atoms with Crippen LogP contribution in [0.25, 0.3) is 21.3 Å². The van der Waals surface area contributed by atoms with Gasteiger partial charge in [-0.25, -0.2) is 0 Å². The minimum atomic E-state index is 0.563. The zero-order valence-corrected chi connectivity index (χ0v) is 13.3. The first-order valence-corrected chi connectivity index (χ1v) is 9.00. The summed E-state index contributed by atoms with van der Waals surface area (Å²) in [5, 5.41) is 8.15. The first-order chi connectivity index (χ1) is 10.9. The molecule has 112 valence electrons. The molecular formula is C18H19N3S. The van der Waals surface area contributed by atoms with E-state index in [1.807, 2.05) is 6.20 Å². The molecule has 22 heavy (non-hydrogen) atoms. The Bertz CT molecular complexity index is 797. The summed E-state index contributed by atoms with van der Waals surface area (Å²) in [7, 11) is 0. The Morgan fingerprint density at radius 3 is 2.77 bits per heavy atom. The third-order valence-corrected chi connectivity index (χ3v) is 6.26. The fourth-order valence-corrected chi connectivity index (χ4v) is 4.85. The average molecular weight is 309 g/mol. The number of hydrogen-bond acceptors (Lipinski definition) is 3. The zero-order chi connectivity index (χ0) is 14.5. The number of benzene rings is 1. The quantitative estimate of drug-likeness (QED) is 0.712. The second-order valence-corrected chi connectivity index (χ2v) is 7.49. The maximum atomic E-state index is 4.75. The normalized spacial score (nSPS) is 27.5. The molecular weight excluding hydrogens is 290 g/mol. The highest BCUT2D eigenvalue weighted by Gasteiger charge is 2.36. The number of aromatic nitrogens is 2. The zero-order valence-electron chi connectivity index (χ0n) is 12.5. The molecule has 3 aliphatic rings. The standard InChI is InChI=1S/C18H19N3S/c1-2-18(22-9-1)14-3-4-16-15(10-14)11-19-21(16)17-12-20-7-5-13(17)6-8-20/h1-4,9-11,13,17H,5-8,12H2/t17-/m1/s1. The number of fused-ring (bicyclic) bond motifs is 4. The second kappa shape index (κ2) is 4.93. The van der Waals surface area contributed by atoms with Crippen molar-refractivity contribution in [3.8, 4) is 10.4 Å². The summed E-state index contributed by atoms with van der Waals surface area (Å²) in [5.41, 5.74) is 2.59. The van der Waals surface area contributed by atoms with Gasteiger partial charge in [-0.05, 0) is 61.0 Å². The molecule has 3 nitrogen and oxygen atoms in total. The van der Waals surface area contributed by atoms with Crippen molar-refractivity contribution in [2.45, 2.75) is 18.9 Å². The minimum Gasteiger partial charge on any atom is -0.301 e. The molecule has 0 saturated carbocycles. The first-order valence-electron chi connectivity index (χ1n) is 8.12. The van der Waals surface area contributed by atoms with Gasteiger partial charge < -0.3 is 4.90 Å². The van der Waals surface area contributed by atoms with E-state index in [2.05, 4.69) is 45.3 Å². The Morgan fingerprint density at radius 1 is 1.14 bits per heavy atom. The maximum Gasteiger partial charge on any atom is 0.0686 e.